The normalized spacial score (nSPS) is 18.9. The summed E-state index contributed by atoms with van der Waals surface area (Å²) in [5.41, 5.74) is 2.20. The maximum atomic E-state index is 4.84. The smallest absolute Gasteiger partial charge is 0.225 e. The predicted molar refractivity (Wildman–Crippen MR) is 117 cm³/mol. The van der Waals surface area contributed by atoms with Crippen LogP contribution in [-0.2, 0) is 13.1 Å². The van der Waals surface area contributed by atoms with Gasteiger partial charge in [0.25, 0.3) is 0 Å². The molecule has 0 aliphatic carbocycles. The molecular formula is C19H26Cl2N8. The van der Waals surface area contributed by atoms with Gasteiger partial charge in [0.1, 0.15) is 5.69 Å². The topological polar surface area (TPSA) is 76.7 Å². The van der Waals surface area contributed by atoms with Gasteiger partial charge in [0, 0.05) is 51.0 Å². The zero-order valence-electron chi connectivity index (χ0n) is 16.1. The van der Waals surface area contributed by atoms with Crippen molar-refractivity contribution in [3.05, 3.63) is 42.6 Å². The number of imidazole rings is 1. The summed E-state index contributed by atoms with van der Waals surface area (Å²) in [7, 11) is 0. The van der Waals surface area contributed by atoms with Crippen LogP contribution >= 0.6 is 24.8 Å². The highest BCUT2D eigenvalue weighted by atomic mass is 35.5. The van der Waals surface area contributed by atoms with Crippen LogP contribution in [0.4, 0.5) is 5.95 Å². The summed E-state index contributed by atoms with van der Waals surface area (Å²) in [5.74, 6) is 1.76. The molecule has 1 fully saturated rings. The molecule has 3 aromatic rings. The van der Waals surface area contributed by atoms with E-state index in [1.165, 1.54) is 5.69 Å². The zero-order chi connectivity index (χ0) is 18.1. The van der Waals surface area contributed by atoms with Gasteiger partial charge in [0.15, 0.2) is 5.82 Å². The molecule has 2 aliphatic heterocycles. The summed E-state index contributed by atoms with van der Waals surface area (Å²) in [5, 5.41) is 8.30. The van der Waals surface area contributed by atoms with Gasteiger partial charge in [-0.15, -0.1) is 24.8 Å². The number of hydrogen-bond donors (Lipinski definition) is 1. The van der Waals surface area contributed by atoms with Gasteiger partial charge in [-0.3, -0.25) is 4.68 Å². The van der Waals surface area contributed by atoms with Crippen LogP contribution in [0.3, 0.4) is 0 Å². The van der Waals surface area contributed by atoms with E-state index in [2.05, 4.69) is 46.7 Å². The molecule has 0 saturated carbocycles. The van der Waals surface area contributed by atoms with Crippen molar-refractivity contribution in [1.29, 1.82) is 0 Å². The Labute approximate surface area is 182 Å². The molecule has 2 aliphatic rings. The number of halogens is 2. The molecule has 0 amide bonds. The van der Waals surface area contributed by atoms with Gasteiger partial charge in [-0.25, -0.2) is 15.0 Å². The zero-order valence-corrected chi connectivity index (χ0v) is 17.8. The fourth-order valence-electron chi connectivity index (χ4n) is 4.09. The predicted octanol–water partition coefficient (Wildman–Crippen LogP) is 2.71. The maximum absolute atomic E-state index is 4.84. The van der Waals surface area contributed by atoms with E-state index in [1.807, 2.05) is 12.3 Å². The highest BCUT2D eigenvalue weighted by molar-refractivity contribution is 5.85. The third-order valence-corrected chi connectivity index (χ3v) is 5.42. The second-order valence-corrected chi connectivity index (χ2v) is 7.22. The number of hydrogen-bond acceptors (Lipinski definition) is 6. The molecule has 1 N–H and O–H groups in total. The van der Waals surface area contributed by atoms with E-state index >= 15 is 0 Å². The van der Waals surface area contributed by atoms with Gasteiger partial charge in [-0.05, 0) is 37.9 Å². The lowest BCUT2D eigenvalue weighted by atomic mass is 10.1. The minimum Gasteiger partial charge on any atom is -0.339 e. The molecule has 0 aromatic carbocycles. The second kappa shape index (κ2) is 9.56. The summed E-state index contributed by atoms with van der Waals surface area (Å²) in [6.07, 6.45) is 10.9. The lowest BCUT2D eigenvalue weighted by Crippen LogP contribution is -2.37. The van der Waals surface area contributed by atoms with Crippen molar-refractivity contribution in [2.45, 2.75) is 38.4 Å². The first-order valence-corrected chi connectivity index (χ1v) is 9.71. The van der Waals surface area contributed by atoms with E-state index in [0.29, 0.717) is 6.04 Å². The molecule has 3 aromatic heterocycles. The first kappa shape index (κ1) is 21.5. The third-order valence-electron chi connectivity index (χ3n) is 5.42. The van der Waals surface area contributed by atoms with E-state index in [-0.39, 0.29) is 24.8 Å². The number of aryl methyl sites for hydroxylation is 1. The molecule has 5 rings (SSSR count). The number of fused-ring (bicyclic) bond motifs is 1. The molecule has 0 radical (unpaired) electrons. The summed E-state index contributed by atoms with van der Waals surface area (Å²) in [6, 6.07) is 4.38. The fourth-order valence-corrected chi connectivity index (χ4v) is 4.09. The Morgan fingerprint density at radius 1 is 1.00 bits per heavy atom. The number of aromatic nitrogens is 6. The van der Waals surface area contributed by atoms with Crippen LogP contribution in [0.15, 0.2) is 36.9 Å². The van der Waals surface area contributed by atoms with Crippen LogP contribution in [0.5, 0.6) is 0 Å². The van der Waals surface area contributed by atoms with Gasteiger partial charge in [0.2, 0.25) is 5.95 Å². The Morgan fingerprint density at radius 2 is 1.86 bits per heavy atom. The third kappa shape index (κ3) is 4.39. The summed E-state index contributed by atoms with van der Waals surface area (Å²) in [6.45, 7) is 4.77. The van der Waals surface area contributed by atoms with Gasteiger partial charge in [-0.2, -0.15) is 5.10 Å². The van der Waals surface area contributed by atoms with E-state index in [9.17, 15) is 0 Å². The highest BCUT2D eigenvalue weighted by Gasteiger charge is 2.26. The Balaban J connectivity index is 0.00000120. The minimum atomic E-state index is 0. The molecular weight excluding hydrogens is 411 g/mol. The summed E-state index contributed by atoms with van der Waals surface area (Å²) in [4.78, 5) is 15.7. The Hall–Kier alpha value is -2.16. The van der Waals surface area contributed by atoms with Crippen LogP contribution < -0.4 is 10.2 Å². The molecule has 10 heteroatoms. The second-order valence-electron chi connectivity index (χ2n) is 7.22. The maximum Gasteiger partial charge on any atom is 0.225 e. The standard InChI is InChI=1S/C19H24N8.2ClH/c1-4-15(14-25(9-1)19-22-6-2-7-23-19)26-11-8-21-18(26)17-12-16-13-20-5-3-10-27(16)24-17;;/h2,6-8,11-12,15,20H,1,3-5,9-10,13-14H2;2*1H. The van der Waals surface area contributed by atoms with Crippen molar-refractivity contribution in [3.8, 4) is 11.5 Å². The molecule has 0 bridgehead atoms. The van der Waals surface area contributed by atoms with E-state index in [4.69, 9.17) is 5.10 Å². The van der Waals surface area contributed by atoms with Gasteiger partial charge in [-0.1, -0.05) is 0 Å². The Bertz CT molecular complexity index is 887. The van der Waals surface area contributed by atoms with E-state index < -0.39 is 0 Å². The molecule has 156 valence electrons. The van der Waals surface area contributed by atoms with Crippen molar-refractivity contribution in [3.63, 3.8) is 0 Å². The molecule has 0 spiro atoms. The first-order valence-electron chi connectivity index (χ1n) is 9.71. The number of anilines is 1. The number of piperidine rings is 1. The Kier molecular flexibility index (Phi) is 7.10. The lowest BCUT2D eigenvalue weighted by Gasteiger charge is -2.33. The SMILES string of the molecule is Cl.Cl.c1cnc(N2CCCC(n3ccnc3-c3cc4n(n3)CCCNC4)C2)nc1. The summed E-state index contributed by atoms with van der Waals surface area (Å²) < 4.78 is 4.41. The van der Waals surface area contributed by atoms with Crippen molar-refractivity contribution < 1.29 is 0 Å². The van der Waals surface area contributed by atoms with E-state index in [1.54, 1.807) is 12.4 Å². The van der Waals surface area contributed by atoms with Crippen LogP contribution in [0.2, 0.25) is 0 Å². The van der Waals surface area contributed by atoms with Crippen LogP contribution in [0, 0.1) is 0 Å². The van der Waals surface area contributed by atoms with Crippen LogP contribution in [0.25, 0.3) is 11.5 Å². The largest absolute Gasteiger partial charge is 0.339 e. The molecule has 1 atom stereocenters. The van der Waals surface area contributed by atoms with Gasteiger partial charge >= 0.3 is 0 Å². The highest BCUT2D eigenvalue weighted by Crippen LogP contribution is 2.28. The molecule has 29 heavy (non-hydrogen) atoms. The Morgan fingerprint density at radius 3 is 2.72 bits per heavy atom. The van der Waals surface area contributed by atoms with Crippen LogP contribution in [-0.4, -0.2) is 48.9 Å². The first-order chi connectivity index (χ1) is 13.4. The monoisotopic (exact) mass is 436 g/mol. The van der Waals surface area contributed by atoms with Crippen molar-refractivity contribution in [2.75, 3.05) is 24.5 Å². The summed E-state index contributed by atoms with van der Waals surface area (Å²) >= 11 is 0. The van der Waals surface area contributed by atoms with E-state index in [0.717, 1.165) is 69.5 Å². The van der Waals surface area contributed by atoms with Crippen molar-refractivity contribution in [1.82, 2.24) is 34.6 Å². The molecule has 8 nitrogen and oxygen atoms in total. The molecule has 1 unspecified atom stereocenters. The lowest BCUT2D eigenvalue weighted by molar-refractivity contribution is 0.404. The quantitative estimate of drug-likeness (QED) is 0.679. The van der Waals surface area contributed by atoms with Gasteiger partial charge < -0.3 is 14.8 Å². The number of nitrogens with one attached hydrogen (secondary N) is 1. The van der Waals surface area contributed by atoms with Crippen LogP contribution in [0.1, 0.15) is 31.0 Å². The molecule has 1 saturated heterocycles. The van der Waals surface area contributed by atoms with Gasteiger partial charge in [0.05, 0.1) is 11.7 Å². The van der Waals surface area contributed by atoms with Crippen molar-refractivity contribution >= 4 is 30.8 Å². The number of rotatable bonds is 3. The fraction of sp³-hybridized carbons (Fsp3) is 0.474. The minimum absolute atomic E-state index is 0. The van der Waals surface area contributed by atoms with Crippen molar-refractivity contribution in [2.24, 2.45) is 0 Å². The molecule has 5 heterocycles. The average molecular weight is 437 g/mol. The average Bonchev–Trinajstić information content (AvgIpc) is 3.31. The number of nitrogens with zero attached hydrogens (tertiary/aromatic N) is 7.